The molecule has 0 spiro atoms. The molecule has 0 radical (unpaired) electrons. The summed E-state index contributed by atoms with van der Waals surface area (Å²) >= 11 is 1.13. The van der Waals surface area contributed by atoms with Crippen molar-refractivity contribution in [2.45, 2.75) is 6.61 Å². The quantitative estimate of drug-likeness (QED) is 0.535. The maximum absolute atomic E-state index is 12.9. The van der Waals surface area contributed by atoms with Crippen LogP contribution in [0, 0.1) is 5.82 Å². The lowest BCUT2D eigenvalue weighted by molar-refractivity contribution is -0.119. The number of carbonyl (C=O) groups excluding carboxylic acids is 3. The zero-order valence-electron chi connectivity index (χ0n) is 15.6. The number of primary amides is 1. The standard InChI is InChI=1S/C21H17FN2O5S/c22-15-6-4-13(5-7-15)11-28-16-3-1-2-14(10-16)21(27)29-12-18(25)24-20-17(19(23)26)8-9-30-20/h1-10H,11-12H2,(H2,23,26)(H,24,25). The van der Waals surface area contributed by atoms with E-state index in [-0.39, 0.29) is 23.6 Å². The van der Waals surface area contributed by atoms with Crippen LogP contribution < -0.4 is 15.8 Å². The lowest BCUT2D eigenvalue weighted by Crippen LogP contribution is -2.22. The summed E-state index contributed by atoms with van der Waals surface area (Å²) in [5.41, 5.74) is 6.37. The number of hydrogen-bond acceptors (Lipinski definition) is 6. The molecule has 0 unspecified atom stereocenters. The average molecular weight is 428 g/mol. The second kappa shape index (κ2) is 9.66. The van der Waals surface area contributed by atoms with Crippen molar-refractivity contribution in [3.8, 4) is 5.75 Å². The second-order valence-corrected chi connectivity index (χ2v) is 7.01. The van der Waals surface area contributed by atoms with Gasteiger partial charge in [-0.3, -0.25) is 9.59 Å². The summed E-state index contributed by atoms with van der Waals surface area (Å²) in [5, 5.41) is 4.38. The number of esters is 1. The number of amides is 2. The highest BCUT2D eigenvalue weighted by Crippen LogP contribution is 2.22. The van der Waals surface area contributed by atoms with Crippen LogP contribution in [0.1, 0.15) is 26.3 Å². The van der Waals surface area contributed by atoms with E-state index < -0.39 is 24.4 Å². The van der Waals surface area contributed by atoms with Gasteiger partial charge in [0.15, 0.2) is 6.61 Å². The van der Waals surface area contributed by atoms with Crippen molar-refractivity contribution in [3.05, 3.63) is 82.5 Å². The second-order valence-electron chi connectivity index (χ2n) is 6.09. The van der Waals surface area contributed by atoms with E-state index in [4.69, 9.17) is 15.2 Å². The minimum atomic E-state index is -0.710. The van der Waals surface area contributed by atoms with Crippen LogP contribution in [-0.2, 0) is 16.1 Å². The van der Waals surface area contributed by atoms with Gasteiger partial charge in [0, 0.05) is 0 Å². The predicted octanol–water partition coefficient (Wildman–Crippen LogP) is 3.36. The third kappa shape index (κ3) is 5.65. The van der Waals surface area contributed by atoms with Gasteiger partial charge in [0.05, 0.1) is 11.1 Å². The number of halogens is 1. The Bertz CT molecular complexity index is 1070. The van der Waals surface area contributed by atoms with Crippen molar-refractivity contribution in [1.29, 1.82) is 0 Å². The highest BCUT2D eigenvalue weighted by atomic mass is 32.1. The maximum atomic E-state index is 12.9. The molecule has 3 rings (SSSR count). The number of nitrogens with two attached hydrogens (primary N) is 1. The van der Waals surface area contributed by atoms with E-state index in [0.717, 1.165) is 16.9 Å². The Labute approximate surface area is 175 Å². The Balaban J connectivity index is 1.53. The third-order valence-electron chi connectivity index (χ3n) is 3.91. The molecule has 0 bridgehead atoms. The fourth-order valence-electron chi connectivity index (χ4n) is 2.44. The number of benzene rings is 2. The van der Waals surface area contributed by atoms with Crippen LogP contribution in [0.15, 0.2) is 60.0 Å². The Morgan fingerprint density at radius 1 is 1.07 bits per heavy atom. The summed E-state index contributed by atoms with van der Waals surface area (Å²) in [5.74, 6) is -1.89. The van der Waals surface area contributed by atoms with Gasteiger partial charge in [-0.15, -0.1) is 11.3 Å². The van der Waals surface area contributed by atoms with Gasteiger partial charge in [-0.05, 0) is 47.3 Å². The number of hydrogen-bond donors (Lipinski definition) is 2. The zero-order valence-corrected chi connectivity index (χ0v) is 16.4. The first-order valence-corrected chi connectivity index (χ1v) is 9.62. The zero-order chi connectivity index (χ0) is 21.5. The van der Waals surface area contributed by atoms with Gasteiger partial charge >= 0.3 is 5.97 Å². The first-order valence-electron chi connectivity index (χ1n) is 8.74. The first kappa shape index (κ1) is 21.0. The molecular weight excluding hydrogens is 411 g/mol. The summed E-state index contributed by atoms with van der Waals surface area (Å²) in [6.45, 7) is -0.334. The van der Waals surface area contributed by atoms with Crippen LogP contribution in [0.2, 0.25) is 0 Å². The van der Waals surface area contributed by atoms with Gasteiger partial charge in [-0.25, -0.2) is 9.18 Å². The lowest BCUT2D eigenvalue weighted by Gasteiger charge is -2.09. The molecule has 0 atom stereocenters. The molecule has 2 aromatic carbocycles. The lowest BCUT2D eigenvalue weighted by atomic mass is 10.2. The molecule has 30 heavy (non-hydrogen) atoms. The van der Waals surface area contributed by atoms with E-state index in [1.807, 2.05) is 0 Å². The largest absolute Gasteiger partial charge is 0.489 e. The van der Waals surface area contributed by atoms with Gasteiger partial charge < -0.3 is 20.5 Å². The van der Waals surface area contributed by atoms with Gasteiger partial charge in [0.1, 0.15) is 23.2 Å². The van der Waals surface area contributed by atoms with Crippen LogP contribution in [-0.4, -0.2) is 24.4 Å². The molecular formula is C21H17FN2O5S. The smallest absolute Gasteiger partial charge is 0.338 e. The molecule has 0 aliphatic carbocycles. The number of anilines is 1. The van der Waals surface area contributed by atoms with Crippen molar-refractivity contribution in [2.75, 3.05) is 11.9 Å². The van der Waals surface area contributed by atoms with Gasteiger partial charge in [-0.2, -0.15) is 0 Å². The SMILES string of the molecule is NC(=O)c1ccsc1NC(=O)COC(=O)c1cccc(OCc2ccc(F)cc2)c1. The average Bonchev–Trinajstić information content (AvgIpc) is 3.20. The predicted molar refractivity (Wildman–Crippen MR) is 109 cm³/mol. The Kier molecular flexibility index (Phi) is 6.76. The molecule has 7 nitrogen and oxygen atoms in total. The van der Waals surface area contributed by atoms with Gasteiger partial charge in [-0.1, -0.05) is 18.2 Å². The number of ether oxygens (including phenoxy) is 2. The van der Waals surface area contributed by atoms with Crippen molar-refractivity contribution in [1.82, 2.24) is 0 Å². The van der Waals surface area contributed by atoms with E-state index in [1.54, 1.807) is 29.6 Å². The van der Waals surface area contributed by atoms with Crippen molar-refractivity contribution in [3.63, 3.8) is 0 Å². The molecule has 0 aliphatic rings. The number of carbonyl (C=O) groups is 3. The highest BCUT2D eigenvalue weighted by Gasteiger charge is 2.15. The molecule has 0 fully saturated rings. The fourth-order valence-corrected chi connectivity index (χ4v) is 3.25. The van der Waals surface area contributed by atoms with E-state index in [0.29, 0.717) is 10.8 Å². The molecule has 3 aromatic rings. The normalized spacial score (nSPS) is 10.3. The van der Waals surface area contributed by atoms with Crippen LogP contribution in [0.25, 0.3) is 0 Å². The minimum Gasteiger partial charge on any atom is -0.489 e. The van der Waals surface area contributed by atoms with Crippen LogP contribution in [0.5, 0.6) is 5.75 Å². The molecule has 0 saturated carbocycles. The third-order valence-corrected chi connectivity index (χ3v) is 4.74. The van der Waals surface area contributed by atoms with Gasteiger partial charge in [0.2, 0.25) is 0 Å². The highest BCUT2D eigenvalue weighted by molar-refractivity contribution is 7.14. The van der Waals surface area contributed by atoms with Crippen LogP contribution >= 0.6 is 11.3 Å². The monoisotopic (exact) mass is 428 g/mol. The summed E-state index contributed by atoms with van der Waals surface area (Å²) in [6, 6.07) is 13.6. The molecule has 9 heteroatoms. The fraction of sp³-hybridized carbons (Fsp3) is 0.0952. The van der Waals surface area contributed by atoms with E-state index in [1.165, 1.54) is 30.3 Å². The Hall–Kier alpha value is -3.72. The van der Waals surface area contributed by atoms with Crippen molar-refractivity contribution in [2.24, 2.45) is 5.73 Å². The maximum Gasteiger partial charge on any atom is 0.338 e. The summed E-state index contributed by atoms with van der Waals surface area (Å²) < 4.78 is 23.6. The summed E-state index contributed by atoms with van der Waals surface area (Å²) in [6.07, 6.45) is 0. The van der Waals surface area contributed by atoms with Crippen LogP contribution in [0.3, 0.4) is 0 Å². The van der Waals surface area contributed by atoms with Crippen molar-refractivity contribution < 1.29 is 28.2 Å². The summed E-state index contributed by atoms with van der Waals surface area (Å²) in [4.78, 5) is 35.5. The van der Waals surface area contributed by atoms with Gasteiger partial charge in [0.25, 0.3) is 11.8 Å². The molecule has 1 aromatic heterocycles. The molecule has 0 saturated heterocycles. The van der Waals surface area contributed by atoms with Crippen molar-refractivity contribution >= 4 is 34.1 Å². The number of nitrogens with one attached hydrogen (secondary N) is 1. The number of thiophene rings is 1. The molecule has 0 aliphatic heterocycles. The molecule has 2 amide bonds. The minimum absolute atomic E-state index is 0.186. The first-order chi connectivity index (χ1) is 14.4. The number of rotatable bonds is 8. The molecule has 3 N–H and O–H groups in total. The topological polar surface area (TPSA) is 108 Å². The summed E-state index contributed by atoms with van der Waals surface area (Å²) in [7, 11) is 0. The van der Waals surface area contributed by atoms with Crippen LogP contribution in [0.4, 0.5) is 9.39 Å². The Morgan fingerprint density at radius 2 is 1.83 bits per heavy atom. The van der Waals surface area contributed by atoms with E-state index >= 15 is 0 Å². The van der Waals surface area contributed by atoms with E-state index in [2.05, 4.69) is 5.32 Å². The Morgan fingerprint density at radius 3 is 2.57 bits per heavy atom. The molecule has 154 valence electrons. The van der Waals surface area contributed by atoms with E-state index in [9.17, 15) is 18.8 Å². The molecule has 1 heterocycles.